The lowest BCUT2D eigenvalue weighted by Crippen LogP contribution is -2.46. The van der Waals surface area contributed by atoms with Gasteiger partial charge in [-0.15, -0.1) is 0 Å². The molecular weight excluding hydrogens is 360 g/mol. The summed E-state index contributed by atoms with van der Waals surface area (Å²) in [6.07, 6.45) is 3.48. The molecule has 1 N–H and O–H groups in total. The van der Waals surface area contributed by atoms with Crippen molar-refractivity contribution in [1.29, 1.82) is 0 Å². The van der Waals surface area contributed by atoms with Crippen molar-refractivity contribution in [2.75, 3.05) is 36.0 Å². The van der Waals surface area contributed by atoms with Gasteiger partial charge in [0.2, 0.25) is 0 Å². The Bertz CT molecular complexity index is 902. The fourth-order valence-electron chi connectivity index (χ4n) is 3.22. The number of imide groups is 1. The van der Waals surface area contributed by atoms with E-state index in [4.69, 9.17) is 0 Å². The quantitative estimate of drug-likeness (QED) is 0.826. The van der Waals surface area contributed by atoms with Crippen LogP contribution in [0.4, 0.5) is 16.3 Å². The minimum atomic E-state index is -0.338. The number of thioether (sulfide) groups is 1. The van der Waals surface area contributed by atoms with E-state index in [0.29, 0.717) is 4.91 Å². The van der Waals surface area contributed by atoms with E-state index in [1.165, 1.54) is 11.3 Å². The third-order valence-electron chi connectivity index (χ3n) is 4.71. The summed E-state index contributed by atoms with van der Waals surface area (Å²) in [5.41, 5.74) is 3.39. The Morgan fingerprint density at radius 2 is 1.74 bits per heavy atom. The number of nitrogens with one attached hydrogen (secondary N) is 1. The van der Waals surface area contributed by atoms with E-state index in [1.807, 2.05) is 12.1 Å². The van der Waals surface area contributed by atoms with Crippen LogP contribution in [0.15, 0.2) is 47.5 Å². The predicted octanol–water partition coefficient (Wildman–Crippen LogP) is 3.04. The van der Waals surface area contributed by atoms with E-state index in [1.54, 1.807) is 12.3 Å². The second-order valence-electron chi connectivity index (χ2n) is 6.61. The first-order valence-electron chi connectivity index (χ1n) is 8.86. The monoisotopic (exact) mass is 380 g/mol. The van der Waals surface area contributed by atoms with Crippen LogP contribution in [-0.4, -0.2) is 42.3 Å². The van der Waals surface area contributed by atoms with Gasteiger partial charge < -0.3 is 9.80 Å². The summed E-state index contributed by atoms with van der Waals surface area (Å²) in [4.78, 5) is 32.5. The normalized spacial score (nSPS) is 18.9. The van der Waals surface area contributed by atoms with Gasteiger partial charge in [0, 0.05) is 38.1 Å². The number of hydrogen-bond donors (Lipinski definition) is 1. The average molecular weight is 380 g/mol. The number of amides is 2. The van der Waals surface area contributed by atoms with E-state index in [9.17, 15) is 9.59 Å². The molecule has 4 rings (SSSR count). The molecule has 2 saturated heterocycles. The number of piperazine rings is 1. The molecule has 0 aliphatic carbocycles. The fourth-order valence-corrected chi connectivity index (χ4v) is 3.90. The van der Waals surface area contributed by atoms with Crippen molar-refractivity contribution in [2.24, 2.45) is 0 Å². The molecule has 3 heterocycles. The lowest BCUT2D eigenvalue weighted by molar-refractivity contribution is -0.115. The number of pyridine rings is 1. The first kappa shape index (κ1) is 17.6. The number of nitrogens with zero attached hydrogens (tertiary/aromatic N) is 3. The van der Waals surface area contributed by atoms with E-state index < -0.39 is 0 Å². The number of hydrogen-bond acceptors (Lipinski definition) is 6. The maximum atomic E-state index is 11.7. The van der Waals surface area contributed by atoms with Gasteiger partial charge >= 0.3 is 0 Å². The number of carbonyl (C=O) groups excluding carboxylic acids is 2. The van der Waals surface area contributed by atoms with Gasteiger partial charge in [0.05, 0.1) is 4.91 Å². The summed E-state index contributed by atoms with van der Waals surface area (Å²) in [5.74, 6) is 0.553. The summed E-state index contributed by atoms with van der Waals surface area (Å²) in [6.45, 7) is 5.73. The van der Waals surface area contributed by atoms with Gasteiger partial charge in [-0.1, -0.05) is 17.7 Å². The zero-order valence-corrected chi connectivity index (χ0v) is 15.8. The van der Waals surface area contributed by atoms with Crippen LogP contribution < -0.4 is 15.1 Å². The lowest BCUT2D eigenvalue weighted by Gasteiger charge is -2.36. The smallest absolute Gasteiger partial charge is 0.290 e. The third-order valence-corrected chi connectivity index (χ3v) is 5.52. The molecule has 0 saturated carbocycles. The number of aromatic nitrogens is 1. The van der Waals surface area contributed by atoms with Crippen molar-refractivity contribution in [3.63, 3.8) is 0 Å². The Morgan fingerprint density at radius 3 is 2.41 bits per heavy atom. The second kappa shape index (κ2) is 7.44. The van der Waals surface area contributed by atoms with Gasteiger partial charge in [-0.05, 0) is 54.6 Å². The highest BCUT2D eigenvalue weighted by Crippen LogP contribution is 2.26. The molecule has 2 fully saturated rings. The standard InChI is InChI=1S/C20H20N4O2S/c1-14-2-4-16(5-3-14)23-8-10-24(11-9-23)18-13-15(6-7-21-18)12-17-19(25)22-20(26)27-17/h2-7,12-13H,8-11H2,1H3,(H,22,25,26). The van der Waals surface area contributed by atoms with Crippen LogP contribution in [0, 0.1) is 6.92 Å². The molecular formula is C20H20N4O2S. The minimum absolute atomic E-state index is 0.326. The van der Waals surface area contributed by atoms with Gasteiger partial charge in [-0.25, -0.2) is 4.98 Å². The van der Waals surface area contributed by atoms with Crippen molar-refractivity contribution in [2.45, 2.75) is 6.92 Å². The Hall–Kier alpha value is -2.80. The van der Waals surface area contributed by atoms with E-state index in [0.717, 1.165) is 49.3 Å². The van der Waals surface area contributed by atoms with Crippen LogP contribution >= 0.6 is 11.8 Å². The van der Waals surface area contributed by atoms with E-state index in [2.05, 4.69) is 51.3 Å². The number of benzene rings is 1. The van der Waals surface area contributed by atoms with Crippen LogP contribution in [0.1, 0.15) is 11.1 Å². The highest BCUT2D eigenvalue weighted by atomic mass is 32.2. The number of carbonyl (C=O) groups is 2. The van der Waals surface area contributed by atoms with Crippen molar-refractivity contribution < 1.29 is 9.59 Å². The van der Waals surface area contributed by atoms with Crippen molar-refractivity contribution in [3.05, 3.63) is 58.6 Å². The van der Waals surface area contributed by atoms with Gasteiger partial charge in [-0.2, -0.15) is 0 Å². The highest BCUT2D eigenvalue weighted by molar-refractivity contribution is 8.18. The molecule has 2 aromatic rings. The average Bonchev–Trinajstić information content (AvgIpc) is 3.00. The largest absolute Gasteiger partial charge is 0.368 e. The zero-order valence-electron chi connectivity index (χ0n) is 15.0. The van der Waals surface area contributed by atoms with E-state index >= 15 is 0 Å². The Labute approximate surface area is 162 Å². The zero-order chi connectivity index (χ0) is 18.8. The van der Waals surface area contributed by atoms with Crippen LogP contribution in [0.2, 0.25) is 0 Å². The van der Waals surface area contributed by atoms with Crippen molar-refractivity contribution in [3.8, 4) is 0 Å². The van der Waals surface area contributed by atoms with Crippen LogP contribution in [0.5, 0.6) is 0 Å². The first-order chi connectivity index (χ1) is 13.1. The number of anilines is 2. The Morgan fingerprint density at radius 1 is 1.04 bits per heavy atom. The van der Waals surface area contributed by atoms with Crippen LogP contribution in [0.25, 0.3) is 6.08 Å². The molecule has 2 amide bonds. The third kappa shape index (κ3) is 3.98. The molecule has 1 aromatic carbocycles. The summed E-state index contributed by atoms with van der Waals surface area (Å²) in [6, 6.07) is 12.4. The summed E-state index contributed by atoms with van der Waals surface area (Å²) in [5, 5.41) is 1.95. The fraction of sp³-hybridized carbons (Fsp3) is 0.250. The topological polar surface area (TPSA) is 65.5 Å². The summed E-state index contributed by atoms with van der Waals surface area (Å²) >= 11 is 0.930. The summed E-state index contributed by atoms with van der Waals surface area (Å²) < 4.78 is 0. The Kier molecular flexibility index (Phi) is 4.85. The molecule has 2 aliphatic rings. The second-order valence-corrected chi connectivity index (χ2v) is 7.62. The van der Waals surface area contributed by atoms with Gasteiger partial charge in [0.1, 0.15) is 5.82 Å². The molecule has 138 valence electrons. The SMILES string of the molecule is Cc1ccc(N2CCN(c3cc(C=C4SC(=O)NC4=O)ccn3)CC2)cc1. The van der Waals surface area contributed by atoms with Crippen LogP contribution in [0.3, 0.4) is 0 Å². The van der Waals surface area contributed by atoms with Gasteiger partial charge in [0.25, 0.3) is 11.1 Å². The molecule has 0 unspecified atom stereocenters. The van der Waals surface area contributed by atoms with E-state index in [-0.39, 0.29) is 11.1 Å². The highest BCUT2D eigenvalue weighted by Gasteiger charge is 2.25. The number of rotatable bonds is 3. The van der Waals surface area contributed by atoms with Crippen molar-refractivity contribution >= 4 is 40.5 Å². The van der Waals surface area contributed by atoms with Gasteiger partial charge in [0.15, 0.2) is 0 Å². The molecule has 2 aliphatic heterocycles. The Balaban J connectivity index is 1.44. The number of aryl methyl sites for hydroxylation is 1. The van der Waals surface area contributed by atoms with Gasteiger partial charge in [-0.3, -0.25) is 14.9 Å². The predicted molar refractivity (Wildman–Crippen MR) is 109 cm³/mol. The maximum Gasteiger partial charge on any atom is 0.290 e. The molecule has 27 heavy (non-hydrogen) atoms. The summed E-state index contributed by atoms with van der Waals surface area (Å²) in [7, 11) is 0. The molecule has 0 spiro atoms. The molecule has 1 aromatic heterocycles. The molecule has 0 atom stereocenters. The first-order valence-corrected chi connectivity index (χ1v) is 9.67. The molecule has 7 heteroatoms. The lowest BCUT2D eigenvalue weighted by atomic mass is 10.2. The molecule has 0 radical (unpaired) electrons. The molecule has 6 nitrogen and oxygen atoms in total. The van der Waals surface area contributed by atoms with Crippen molar-refractivity contribution in [1.82, 2.24) is 10.3 Å². The molecule has 0 bridgehead atoms. The van der Waals surface area contributed by atoms with Crippen LogP contribution in [-0.2, 0) is 4.79 Å². The maximum absolute atomic E-state index is 11.7. The minimum Gasteiger partial charge on any atom is -0.368 e.